The van der Waals surface area contributed by atoms with E-state index < -0.39 is 11.9 Å². The van der Waals surface area contributed by atoms with Gasteiger partial charge >= 0.3 is 6.18 Å². The number of aromatic amines is 1. The molecule has 168 valence electrons. The van der Waals surface area contributed by atoms with E-state index in [9.17, 15) is 13.2 Å². The van der Waals surface area contributed by atoms with Crippen LogP contribution < -0.4 is 10.1 Å². The van der Waals surface area contributed by atoms with E-state index in [1.807, 2.05) is 24.3 Å². The van der Waals surface area contributed by atoms with Crippen molar-refractivity contribution in [3.05, 3.63) is 47.9 Å². The van der Waals surface area contributed by atoms with Crippen LogP contribution in [0.5, 0.6) is 5.75 Å². The molecule has 2 fully saturated rings. The maximum Gasteiger partial charge on any atom is 0.431 e. The maximum absolute atomic E-state index is 13.3. The van der Waals surface area contributed by atoms with Gasteiger partial charge in [-0.3, -0.25) is 4.90 Å². The van der Waals surface area contributed by atoms with Crippen LogP contribution in [0.1, 0.15) is 17.3 Å². The SMILES string of the molecule is FC(F)(F)c1cc2c(N[C@H]3c4ccccc4OC[C@@H]3N3C[C@H]4COC[C@H]4C3)ncnc2[nH]1. The quantitative estimate of drug-likeness (QED) is 0.643. The highest BCUT2D eigenvalue weighted by Crippen LogP contribution is 2.41. The van der Waals surface area contributed by atoms with Gasteiger partial charge in [-0.2, -0.15) is 13.2 Å². The number of hydrogen-bond acceptors (Lipinski definition) is 6. The molecule has 6 rings (SSSR count). The first-order valence-corrected chi connectivity index (χ1v) is 10.7. The summed E-state index contributed by atoms with van der Waals surface area (Å²) in [7, 11) is 0. The number of fused-ring (bicyclic) bond motifs is 3. The molecule has 0 spiro atoms. The fraction of sp³-hybridized carbons (Fsp3) is 0.455. The molecule has 2 saturated heterocycles. The zero-order valence-electron chi connectivity index (χ0n) is 17.1. The molecule has 0 amide bonds. The van der Waals surface area contributed by atoms with Crippen LogP contribution in [-0.4, -0.2) is 58.8 Å². The third-order valence-electron chi connectivity index (χ3n) is 6.81. The molecule has 5 heterocycles. The standard InChI is InChI=1S/C22H22F3N5O2/c23-22(24,25)18-5-15-20(28-18)26-11-27-21(15)29-19-14-3-1-2-4-17(14)32-10-16(19)30-6-12-8-31-9-13(12)7-30/h1-5,11-13,16,19H,6-10H2,(H2,26,27,28,29)/t12-,13+,16-,19-/m0/s1. The molecule has 1 aromatic carbocycles. The van der Waals surface area contributed by atoms with E-state index in [-0.39, 0.29) is 17.7 Å². The number of hydrogen-bond donors (Lipinski definition) is 2. The number of para-hydroxylation sites is 1. The lowest BCUT2D eigenvalue weighted by molar-refractivity contribution is -0.140. The molecular weight excluding hydrogens is 423 g/mol. The second-order valence-corrected chi connectivity index (χ2v) is 8.72. The normalized spacial score (nSPS) is 27.8. The van der Waals surface area contributed by atoms with E-state index >= 15 is 0 Å². The van der Waals surface area contributed by atoms with Gasteiger partial charge in [0.15, 0.2) is 0 Å². The first kappa shape index (κ1) is 19.8. The minimum absolute atomic E-state index is 0.0153. The number of nitrogens with one attached hydrogen (secondary N) is 2. The number of rotatable bonds is 3. The molecule has 3 aliphatic heterocycles. The van der Waals surface area contributed by atoms with Crippen molar-refractivity contribution in [2.75, 3.05) is 38.2 Å². The number of likely N-dealkylation sites (tertiary alicyclic amines) is 1. The number of ether oxygens (including phenoxy) is 2. The van der Waals surface area contributed by atoms with E-state index in [2.05, 4.69) is 25.2 Å². The number of halogens is 3. The summed E-state index contributed by atoms with van der Waals surface area (Å²) >= 11 is 0. The minimum atomic E-state index is -4.48. The predicted molar refractivity (Wildman–Crippen MR) is 110 cm³/mol. The Hall–Kier alpha value is -2.85. The zero-order chi connectivity index (χ0) is 21.9. The van der Waals surface area contributed by atoms with Crippen molar-refractivity contribution >= 4 is 16.9 Å². The summed E-state index contributed by atoms with van der Waals surface area (Å²) in [4.78, 5) is 13.1. The van der Waals surface area contributed by atoms with Crippen molar-refractivity contribution in [1.82, 2.24) is 19.9 Å². The molecular formula is C22H22F3N5O2. The fourth-order valence-electron chi connectivity index (χ4n) is 5.19. The Labute approximate surface area is 181 Å². The molecule has 0 bridgehead atoms. The minimum Gasteiger partial charge on any atom is -0.491 e. The molecule has 0 radical (unpaired) electrons. The van der Waals surface area contributed by atoms with Crippen molar-refractivity contribution in [3.63, 3.8) is 0 Å². The average Bonchev–Trinajstić information content (AvgIpc) is 3.48. The number of nitrogens with zero attached hydrogens (tertiary/aromatic N) is 3. The monoisotopic (exact) mass is 445 g/mol. The summed E-state index contributed by atoms with van der Waals surface area (Å²) in [6.07, 6.45) is -3.21. The third kappa shape index (κ3) is 3.29. The molecule has 2 aromatic heterocycles. The molecule has 3 aromatic rings. The van der Waals surface area contributed by atoms with Crippen LogP contribution in [-0.2, 0) is 10.9 Å². The second kappa shape index (κ2) is 7.35. The molecule has 10 heteroatoms. The van der Waals surface area contributed by atoms with Crippen molar-refractivity contribution in [3.8, 4) is 5.75 Å². The average molecular weight is 445 g/mol. The highest BCUT2D eigenvalue weighted by molar-refractivity contribution is 5.88. The van der Waals surface area contributed by atoms with Crippen molar-refractivity contribution in [2.45, 2.75) is 18.3 Å². The number of H-pyrrole nitrogens is 1. The summed E-state index contributed by atoms with van der Waals surface area (Å²) in [5.74, 6) is 2.17. The number of anilines is 1. The predicted octanol–water partition coefficient (Wildman–Crippen LogP) is 3.47. The molecule has 32 heavy (non-hydrogen) atoms. The van der Waals surface area contributed by atoms with Gasteiger partial charge in [0.2, 0.25) is 0 Å². The second-order valence-electron chi connectivity index (χ2n) is 8.72. The van der Waals surface area contributed by atoms with Crippen molar-refractivity contribution < 1.29 is 22.6 Å². The Bertz CT molecular complexity index is 1140. The van der Waals surface area contributed by atoms with Gasteiger partial charge in [0.1, 0.15) is 35.8 Å². The van der Waals surface area contributed by atoms with Crippen molar-refractivity contribution in [2.24, 2.45) is 11.8 Å². The van der Waals surface area contributed by atoms with Gasteiger partial charge in [-0.1, -0.05) is 18.2 Å². The van der Waals surface area contributed by atoms with Crippen LogP contribution in [0, 0.1) is 11.8 Å². The van der Waals surface area contributed by atoms with Crippen LogP contribution in [0.4, 0.5) is 19.0 Å². The van der Waals surface area contributed by atoms with Gasteiger partial charge in [-0.15, -0.1) is 0 Å². The molecule has 0 aliphatic carbocycles. The Kier molecular flexibility index (Phi) is 4.55. The Morgan fingerprint density at radius 2 is 1.84 bits per heavy atom. The van der Waals surface area contributed by atoms with Gasteiger partial charge in [0.05, 0.1) is 30.7 Å². The molecule has 0 unspecified atom stereocenters. The summed E-state index contributed by atoms with van der Waals surface area (Å²) in [5, 5.41) is 3.76. The lowest BCUT2D eigenvalue weighted by atomic mass is 9.95. The smallest absolute Gasteiger partial charge is 0.431 e. The number of benzene rings is 1. The van der Waals surface area contributed by atoms with Crippen LogP contribution >= 0.6 is 0 Å². The largest absolute Gasteiger partial charge is 0.491 e. The first-order chi connectivity index (χ1) is 15.5. The molecule has 4 atom stereocenters. The molecule has 7 nitrogen and oxygen atoms in total. The third-order valence-corrected chi connectivity index (χ3v) is 6.81. The van der Waals surface area contributed by atoms with E-state index in [1.165, 1.54) is 6.33 Å². The van der Waals surface area contributed by atoms with Gasteiger partial charge in [-0.05, 0) is 12.1 Å². The van der Waals surface area contributed by atoms with Gasteiger partial charge in [-0.25, -0.2) is 9.97 Å². The summed E-state index contributed by atoms with van der Waals surface area (Å²) in [6.45, 7) is 3.88. The lowest BCUT2D eigenvalue weighted by Gasteiger charge is -2.39. The highest BCUT2D eigenvalue weighted by atomic mass is 19.4. The van der Waals surface area contributed by atoms with Gasteiger partial charge < -0.3 is 19.8 Å². The van der Waals surface area contributed by atoms with E-state index in [0.717, 1.165) is 43.7 Å². The first-order valence-electron chi connectivity index (χ1n) is 10.7. The van der Waals surface area contributed by atoms with E-state index in [0.29, 0.717) is 29.6 Å². The Morgan fingerprint density at radius 1 is 1.06 bits per heavy atom. The Balaban J connectivity index is 1.37. The van der Waals surface area contributed by atoms with Crippen LogP contribution in [0.2, 0.25) is 0 Å². The summed E-state index contributed by atoms with van der Waals surface area (Å²) in [5.41, 5.74) is 0.280. The number of aromatic nitrogens is 3. The Morgan fingerprint density at radius 3 is 2.62 bits per heavy atom. The lowest BCUT2D eigenvalue weighted by Crippen LogP contribution is -2.47. The highest BCUT2D eigenvalue weighted by Gasteiger charge is 2.44. The zero-order valence-corrected chi connectivity index (χ0v) is 17.1. The van der Waals surface area contributed by atoms with Crippen LogP contribution in [0.15, 0.2) is 36.7 Å². The fourth-order valence-corrected chi connectivity index (χ4v) is 5.19. The van der Waals surface area contributed by atoms with Crippen LogP contribution in [0.25, 0.3) is 11.0 Å². The van der Waals surface area contributed by atoms with E-state index in [4.69, 9.17) is 9.47 Å². The van der Waals surface area contributed by atoms with Gasteiger partial charge in [0.25, 0.3) is 0 Å². The van der Waals surface area contributed by atoms with Crippen LogP contribution in [0.3, 0.4) is 0 Å². The molecule has 2 N–H and O–H groups in total. The molecule has 0 saturated carbocycles. The topological polar surface area (TPSA) is 75.3 Å². The number of alkyl halides is 3. The van der Waals surface area contributed by atoms with Crippen molar-refractivity contribution in [1.29, 1.82) is 0 Å². The summed E-state index contributed by atoms with van der Waals surface area (Å²) < 4.78 is 51.5. The maximum atomic E-state index is 13.3. The van der Waals surface area contributed by atoms with Gasteiger partial charge in [0, 0.05) is 30.5 Å². The summed E-state index contributed by atoms with van der Waals surface area (Å²) in [6, 6.07) is 8.66. The molecule has 3 aliphatic rings. The van der Waals surface area contributed by atoms with E-state index in [1.54, 1.807) is 0 Å².